The van der Waals surface area contributed by atoms with E-state index >= 15 is 0 Å². The van der Waals surface area contributed by atoms with E-state index in [-0.39, 0.29) is 75.8 Å². The van der Waals surface area contributed by atoms with Crippen LogP contribution in [0.5, 0.6) is 0 Å². The average molecular weight is 1190 g/mol. The van der Waals surface area contributed by atoms with Crippen LogP contribution < -0.4 is 77.5 Å². The Balaban J connectivity index is -0.000000157. The molecule has 0 fully saturated rings. The van der Waals surface area contributed by atoms with Gasteiger partial charge in [-0.1, -0.05) is 30.3 Å². The molecule has 0 saturated heterocycles. The number of alkyl halides is 1. The first-order chi connectivity index (χ1) is 28.9. The fourth-order valence-corrected chi connectivity index (χ4v) is 5.85. The minimum atomic E-state index is -5.62. The van der Waals surface area contributed by atoms with Crippen molar-refractivity contribution in [1.82, 2.24) is 38.2 Å². The second-order valence-electron chi connectivity index (χ2n) is 12.0. The molecule has 0 amide bonds. The SMILES string of the molecule is C.CCBr.CCn1c[n+](CC)cc1C.CCn1c[n+](CC)cc1C.CCn1cnc(C)c1.CCn1cncc1C.Cc1cnc[nH]1.O=S(=O)(F)[N-]S(=O)(=O)F.O=S(=O)(F)[N-]S(=O)(=O)F.[Br-].[K+]. The van der Waals surface area contributed by atoms with Crippen LogP contribution in [0.1, 0.15) is 84.4 Å². The van der Waals surface area contributed by atoms with Crippen molar-refractivity contribution < 1.29 is 127 Å². The molecule has 0 atom stereocenters. The first kappa shape index (κ1) is 75.6. The molecule has 0 bridgehead atoms. The Morgan fingerprint density at radius 2 is 1.00 bits per heavy atom. The van der Waals surface area contributed by atoms with Crippen molar-refractivity contribution in [2.24, 2.45) is 0 Å². The average Bonchev–Trinajstić information content (AvgIpc) is 4.00. The van der Waals surface area contributed by atoms with Crippen molar-refractivity contribution >= 4 is 57.6 Å². The van der Waals surface area contributed by atoms with Gasteiger partial charge in [0.1, 0.15) is 23.8 Å². The maximum atomic E-state index is 11.1. The molecule has 31 heteroatoms. The predicted molar refractivity (Wildman–Crippen MR) is 243 cm³/mol. The number of aromatic amines is 1. The molecule has 380 valence electrons. The number of hydrogen-bond donors (Lipinski definition) is 1. The largest absolute Gasteiger partial charge is 1.00 e. The van der Waals surface area contributed by atoms with Crippen molar-refractivity contribution in [3.05, 3.63) is 99.3 Å². The fourth-order valence-electron chi connectivity index (χ4n) is 4.14. The molecule has 0 radical (unpaired) electrons. The van der Waals surface area contributed by atoms with E-state index in [1.807, 2.05) is 45.8 Å². The molecule has 0 aliphatic carbocycles. The summed E-state index contributed by atoms with van der Waals surface area (Å²) in [7, 11) is -22.5. The summed E-state index contributed by atoms with van der Waals surface area (Å²) in [5.41, 5.74) is 6.10. The zero-order valence-electron chi connectivity index (χ0n) is 38.8. The number of aryl methyl sites for hydroxylation is 11. The van der Waals surface area contributed by atoms with Crippen LogP contribution in [0.25, 0.3) is 8.25 Å². The van der Waals surface area contributed by atoms with E-state index in [1.165, 1.54) is 17.1 Å². The predicted octanol–water partition coefficient (Wildman–Crippen LogP) is 1.01. The van der Waals surface area contributed by atoms with E-state index in [0.717, 1.165) is 64.2 Å². The van der Waals surface area contributed by atoms with Crippen LogP contribution in [0.3, 0.4) is 0 Å². The van der Waals surface area contributed by atoms with Crippen LogP contribution in [-0.4, -0.2) is 77.2 Å². The van der Waals surface area contributed by atoms with Gasteiger partial charge >= 0.3 is 51.4 Å². The molecule has 5 aromatic rings. The summed E-state index contributed by atoms with van der Waals surface area (Å²) in [6, 6.07) is 0. The van der Waals surface area contributed by atoms with Crippen LogP contribution in [-0.2, 0) is 80.9 Å². The molecule has 0 spiro atoms. The summed E-state index contributed by atoms with van der Waals surface area (Å²) >= 11 is 3.15. The quantitative estimate of drug-likeness (QED) is 0.0680. The van der Waals surface area contributed by atoms with Crippen LogP contribution in [0.15, 0.2) is 62.6 Å². The first-order valence-electron chi connectivity index (χ1n) is 18.8. The topological polar surface area (TPSA) is 247 Å². The molecular weight excluding hydrogens is 1120 g/mol. The number of H-pyrrole nitrogens is 1. The van der Waals surface area contributed by atoms with E-state index in [2.05, 4.69) is 151 Å². The smallest absolute Gasteiger partial charge is 1.00 e. The molecular formula is C35H65Br2F4KN12O8S4. The third-order valence-corrected chi connectivity index (χ3v) is 9.83. The van der Waals surface area contributed by atoms with Crippen molar-refractivity contribution in [3.63, 3.8) is 0 Å². The normalized spacial score (nSPS) is 10.3. The van der Waals surface area contributed by atoms with E-state index in [1.54, 1.807) is 12.5 Å². The summed E-state index contributed by atoms with van der Waals surface area (Å²) < 4.78 is 133. The third-order valence-electron chi connectivity index (χ3n) is 6.98. The van der Waals surface area contributed by atoms with Crippen LogP contribution in [0, 0.1) is 34.6 Å². The Labute approximate surface area is 452 Å². The Bertz CT molecular complexity index is 2250. The van der Waals surface area contributed by atoms with Gasteiger partial charge in [-0.25, -0.2) is 66.9 Å². The van der Waals surface area contributed by atoms with Gasteiger partial charge in [0.2, 0.25) is 54.3 Å². The number of nitrogens with zero attached hydrogens (tertiary/aromatic N) is 11. The third kappa shape index (κ3) is 44.6. The number of halogens is 6. The second kappa shape index (κ2) is 39.9. The van der Waals surface area contributed by atoms with E-state index in [0.29, 0.717) is 0 Å². The molecule has 5 rings (SSSR count). The molecule has 0 aliphatic rings. The zero-order chi connectivity index (χ0) is 49.6. The van der Waals surface area contributed by atoms with Gasteiger partial charge in [-0.2, -0.15) is 0 Å². The molecule has 20 nitrogen and oxygen atoms in total. The number of rotatable bonds is 10. The minimum absolute atomic E-state index is 0. The molecule has 5 heterocycles. The van der Waals surface area contributed by atoms with Crippen molar-refractivity contribution in [2.45, 2.75) is 130 Å². The Kier molecular flexibility index (Phi) is 45.7. The summed E-state index contributed by atoms with van der Waals surface area (Å²) in [4.78, 5) is 14.7. The Morgan fingerprint density at radius 1 is 0.621 bits per heavy atom. The molecule has 5 aromatic heterocycles. The second-order valence-corrected chi connectivity index (χ2v) is 17.6. The van der Waals surface area contributed by atoms with E-state index in [9.17, 15) is 49.2 Å². The van der Waals surface area contributed by atoms with Crippen molar-refractivity contribution in [1.29, 1.82) is 0 Å². The van der Waals surface area contributed by atoms with Crippen LogP contribution >= 0.6 is 15.9 Å². The first-order valence-corrected chi connectivity index (χ1v) is 25.3. The number of aromatic nitrogens is 10. The summed E-state index contributed by atoms with van der Waals surface area (Å²) in [6.07, 6.45) is 19.7. The van der Waals surface area contributed by atoms with E-state index in [4.69, 9.17) is 0 Å². The van der Waals surface area contributed by atoms with Crippen LogP contribution in [0.4, 0.5) is 15.5 Å². The maximum Gasteiger partial charge on any atom is 1.00 e. The molecule has 0 aliphatic heterocycles. The van der Waals surface area contributed by atoms with Crippen molar-refractivity contribution in [2.75, 3.05) is 5.33 Å². The van der Waals surface area contributed by atoms with Gasteiger partial charge in [-0.3, -0.25) is 0 Å². The standard InChI is InChI=1S/2C8H15N2.2C6H10N2.C4H6N2.C2H5Br.CH4.BrH.2F2NO4S2.K/c2*1-4-9-6-8(3)10(5-2)7-9;1-3-8-4-6(2)7-5-8;1-3-8-5-7-4-6(8)2;1-4-2-5-3-6-4;1-2-3;;;2*1-8(4,5)3-9(2,6)7;/h2*6-7H,4-5H2,1-3H3;2*4-5H,3H2,1-2H3;2-3H,1H3,(H,5,6);2H2,1H3;1H4;1H;;;/q2*+1;;;;;;;2*-1;+1/p-1. The van der Waals surface area contributed by atoms with Gasteiger partial charge in [0.05, 0.1) is 50.9 Å². The van der Waals surface area contributed by atoms with Gasteiger partial charge in [-0.15, -0.1) is 15.5 Å². The van der Waals surface area contributed by atoms with Crippen LogP contribution in [0.2, 0.25) is 0 Å². The Morgan fingerprint density at radius 3 is 1.12 bits per heavy atom. The number of hydrogen-bond acceptors (Lipinski definition) is 11. The number of imidazole rings is 5. The fraction of sp³-hybridized carbons (Fsp3) is 0.571. The zero-order valence-corrected chi connectivity index (χ0v) is 48.4. The molecule has 0 aromatic carbocycles. The maximum absolute atomic E-state index is 11.1. The molecule has 0 saturated carbocycles. The number of nitrogens with one attached hydrogen (secondary N) is 1. The van der Waals surface area contributed by atoms with E-state index < -0.39 is 41.6 Å². The summed E-state index contributed by atoms with van der Waals surface area (Å²) in [5.74, 6) is 0. The van der Waals surface area contributed by atoms with Crippen molar-refractivity contribution in [3.8, 4) is 0 Å². The van der Waals surface area contributed by atoms with Gasteiger partial charge in [-0.05, 0) is 62.3 Å². The molecule has 66 heavy (non-hydrogen) atoms. The summed E-state index contributed by atoms with van der Waals surface area (Å²) in [5, 5.41) is 1.06. The monoisotopic (exact) mass is 1180 g/mol. The van der Waals surface area contributed by atoms with Gasteiger partial charge in [0.25, 0.3) is 0 Å². The molecule has 0 unspecified atom stereocenters. The van der Waals surface area contributed by atoms with Gasteiger partial charge in [0.15, 0.2) is 0 Å². The summed E-state index contributed by atoms with van der Waals surface area (Å²) in [6.45, 7) is 31.4. The minimum Gasteiger partial charge on any atom is -1.00 e. The molecule has 1 N–H and O–H groups in total. The van der Waals surface area contributed by atoms with Gasteiger partial charge < -0.3 is 39.4 Å². The van der Waals surface area contributed by atoms with Gasteiger partial charge in [0, 0.05) is 62.2 Å². The Hall–Kier alpha value is -1.91.